The van der Waals surface area contributed by atoms with Gasteiger partial charge >= 0.3 is 0 Å². The summed E-state index contributed by atoms with van der Waals surface area (Å²) >= 11 is 0. The van der Waals surface area contributed by atoms with Crippen molar-refractivity contribution >= 4 is 35.6 Å². The summed E-state index contributed by atoms with van der Waals surface area (Å²) in [6, 6.07) is 5.51. The molecule has 1 aliphatic carbocycles. The van der Waals surface area contributed by atoms with Crippen molar-refractivity contribution in [1.82, 2.24) is 0 Å². The van der Waals surface area contributed by atoms with E-state index in [-0.39, 0.29) is 29.6 Å². The van der Waals surface area contributed by atoms with Crippen molar-refractivity contribution in [3.05, 3.63) is 18.2 Å². The highest BCUT2D eigenvalue weighted by molar-refractivity contribution is 14.0. The molecular formula is C19H32IN3O3. The minimum absolute atomic E-state index is 0. The van der Waals surface area contributed by atoms with Crippen molar-refractivity contribution in [3.8, 4) is 11.5 Å². The van der Waals surface area contributed by atoms with Crippen molar-refractivity contribution in [1.29, 1.82) is 0 Å². The van der Waals surface area contributed by atoms with Crippen molar-refractivity contribution in [2.45, 2.75) is 51.0 Å². The second-order valence-corrected chi connectivity index (χ2v) is 6.48. The second kappa shape index (κ2) is 11.5. The number of nitrogens with one attached hydrogen (secondary N) is 1. The number of anilines is 1. The van der Waals surface area contributed by atoms with Gasteiger partial charge in [0.1, 0.15) is 11.5 Å². The van der Waals surface area contributed by atoms with Crippen molar-refractivity contribution in [2.75, 3.05) is 32.7 Å². The van der Waals surface area contributed by atoms with Gasteiger partial charge in [-0.3, -0.25) is 4.99 Å². The van der Waals surface area contributed by atoms with Crippen LogP contribution < -0.4 is 20.5 Å². The van der Waals surface area contributed by atoms with Crippen LogP contribution in [0.4, 0.5) is 5.69 Å². The molecule has 2 rings (SSSR count). The number of halogens is 1. The van der Waals surface area contributed by atoms with Gasteiger partial charge in [-0.25, -0.2) is 0 Å². The maximum atomic E-state index is 6.17. The Labute approximate surface area is 173 Å². The van der Waals surface area contributed by atoms with Crippen LogP contribution >= 0.6 is 24.0 Å². The Balaban J connectivity index is 0.00000338. The largest absolute Gasteiger partial charge is 0.497 e. The van der Waals surface area contributed by atoms with Gasteiger partial charge in [-0.2, -0.15) is 0 Å². The number of benzene rings is 1. The molecule has 7 heteroatoms. The molecule has 1 fully saturated rings. The Hall–Kier alpha value is -1.22. The van der Waals surface area contributed by atoms with Crippen molar-refractivity contribution in [2.24, 2.45) is 10.7 Å². The first kappa shape index (κ1) is 22.8. The third-order valence-electron chi connectivity index (χ3n) is 4.58. The minimum Gasteiger partial charge on any atom is -0.497 e. The molecule has 1 aromatic carbocycles. The molecule has 26 heavy (non-hydrogen) atoms. The van der Waals surface area contributed by atoms with E-state index in [1.165, 1.54) is 19.3 Å². The molecule has 0 radical (unpaired) electrons. The molecule has 0 atom stereocenters. The van der Waals surface area contributed by atoms with Gasteiger partial charge in [0, 0.05) is 12.7 Å². The molecule has 6 nitrogen and oxygen atoms in total. The van der Waals surface area contributed by atoms with Gasteiger partial charge in [-0.05, 0) is 31.4 Å². The fourth-order valence-corrected chi connectivity index (χ4v) is 3.18. The first-order valence-corrected chi connectivity index (χ1v) is 9.05. The number of ether oxygens (including phenoxy) is 3. The first-order chi connectivity index (χ1) is 12.1. The number of hydrogen-bond acceptors (Lipinski definition) is 4. The highest BCUT2D eigenvalue weighted by Crippen LogP contribution is 2.32. The summed E-state index contributed by atoms with van der Waals surface area (Å²) in [4.78, 5) is 4.56. The Morgan fingerprint density at radius 2 is 1.92 bits per heavy atom. The van der Waals surface area contributed by atoms with E-state index in [9.17, 15) is 0 Å². The number of nitrogens with zero attached hydrogens (tertiary/aromatic N) is 1. The minimum atomic E-state index is -0.168. The number of guanidine groups is 1. The van der Waals surface area contributed by atoms with E-state index in [0.717, 1.165) is 37.3 Å². The summed E-state index contributed by atoms with van der Waals surface area (Å²) in [6.45, 7) is 3.48. The van der Waals surface area contributed by atoms with Gasteiger partial charge in [-0.1, -0.05) is 26.2 Å². The Morgan fingerprint density at radius 3 is 2.54 bits per heavy atom. The highest BCUT2D eigenvalue weighted by atomic mass is 127. The molecule has 0 bridgehead atoms. The number of aliphatic imine (C=N–C) groups is 1. The zero-order chi connectivity index (χ0) is 18.1. The summed E-state index contributed by atoms with van der Waals surface area (Å²) in [5, 5.41) is 3.12. The number of rotatable bonds is 8. The van der Waals surface area contributed by atoms with Crippen LogP contribution in [0.25, 0.3) is 0 Å². The van der Waals surface area contributed by atoms with E-state index in [1.54, 1.807) is 14.2 Å². The lowest BCUT2D eigenvalue weighted by atomic mass is 9.84. The van der Waals surface area contributed by atoms with E-state index in [1.807, 2.05) is 18.2 Å². The first-order valence-electron chi connectivity index (χ1n) is 9.05. The van der Waals surface area contributed by atoms with Gasteiger partial charge in [0.05, 0.1) is 32.1 Å². The summed E-state index contributed by atoms with van der Waals surface area (Å²) in [7, 11) is 3.25. The fraction of sp³-hybridized carbons (Fsp3) is 0.632. The monoisotopic (exact) mass is 477 g/mol. The van der Waals surface area contributed by atoms with E-state index >= 15 is 0 Å². The van der Waals surface area contributed by atoms with E-state index in [2.05, 4.69) is 17.2 Å². The lowest BCUT2D eigenvalue weighted by Crippen LogP contribution is -2.40. The van der Waals surface area contributed by atoms with Crippen LogP contribution in [0.2, 0.25) is 0 Å². The summed E-state index contributed by atoms with van der Waals surface area (Å²) in [6.07, 6.45) is 6.76. The standard InChI is InChI=1S/C19H31N3O3.HI/c1-4-12-25-19(10-6-5-7-11-19)14-21-18(20)22-16-13-15(23-2)8-9-17(16)24-3;/h8-9,13H,4-7,10-12,14H2,1-3H3,(H3,20,21,22);1H. The lowest BCUT2D eigenvalue weighted by molar-refractivity contribution is -0.0624. The third kappa shape index (κ3) is 6.50. The zero-order valence-electron chi connectivity index (χ0n) is 16.0. The predicted octanol–water partition coefficient (Wildman–Crippen LogP) is 4.18. The molecule has 0 saturated heterocycles. The van der Waals surface area contributed by atoms with Crippen LogP contribution in [-0.2, 0) is 4.74 Å². The number of nitrogens with two attached hydrogens (primary N) is 1. The van der Waals surface area contributed by atoms with Crippen LogP contribution in [0.5, 0.6) is 11.5 Å². The quantitative estimate of drug-likeness (QED) is 0.334. The van der Waals surface area contributed by atoms with Crippen molar-refractivity contribution in [3.63, 3.8) is 0 Å². The van der Waals surface area contributed by atoms with Crippen LogP contribution in [-0.4, -0.2) is 38.9 Å². The van der Waals surface area contributed by atoms with Gasteiger partial charge in [0.2, 0.25) is 0 Å². The molecule has 0 aromatic heterocycles. The summed E-state index contributed by atoms with van der Waals surface area (Å²) < 4.78 is 16.8. The molecule has 1 saturated carbocycles. The van der Waals surface area contributed by atoms with Crippen LogP contribution in [0.1, 0.15) is 45.4 Å². The Kier molecular flexibility index (Phi) is 10.1. The molecule has 0 amide bonds. The van der Waals surface area contributed by atoms with Gasteiger partial charge < -0.3 is 25.3 Å². The smallest absolute Gasteiger partial charge is 0.193 e. The van der Waals surface area contributed by atoms with Gasteiger partial charge in [0.15, 0.2) is 5.96 Å². The molecule has 1 aromatic rings. The summed E-state index contributed by atoms with van der Waals surface area (Å²) in [5.74, 6) is 1.77. The fourth-order valence-electron chi connectivity index (χ4n) is 3.18. The van der Waals surface area contributed by atoms with Gasteiger partial charge in [0.25, 0.3) is 0 Å². The molecule has 0 heterocycles. The average molecular weight is 477 g/mol. The predicted molar refractivity (Wildman–Crippen MR) is 117 cm³/mol. The molecular weight excluding hydrogens is 445 g/mol. The topological polar surface area (TPSA) is 78.1 Å². The summed E-state index contributed by atoms with van der Waals surface area (Å²) in [5.41, 5.74) is 6.68. The molecule has 1 aliphatic rings. The lowest BCUT2D eigenvalue weighted by Gasteiger charge is -2.36. The Morgan fingerprint density at radius 1 is 1.19 bits per heavy atom. The molecule has 3 N–H and O–H groups in total. The molecule has 0 aliphatic heterocycles. The normalized spacial score (nSPS) is 16.5. The molecule has 0 unspecified atom stereocenters. The third-order valence-corrected chi connectivity index (χ3v) is 4.58. The molecule has 148 valence electrons. The van der Waals surface area contributed by atoms with Crippen LogP contribution in [0.15, 0.2) is 23.2 Å². The van der Waals surface area contributed by atoms with Crippen molar-refractivity contribution < 1.29 is 14.2 Å². The second-order valence-electron chi connectivity index (χ2n) is 6.48. The van der Waals surface area contributed by atoms with E-state index < -0.39 is 0 Å². The van der Waals surface area contributed by atoms with Crippen LogP contribution in [0.3, 0.4) is 0 Å². The highest BCUT2D eigenvalue weighted by Gasteiger charge is 2.32. The maximum absolute atomic E-state index is 6.17. The maximum Gasteiger partial charge on any atom is 0.193 e. The molecule has 0 spiro atoms. The number of hydrogen-bond donors (Lipinski definition) is 2. The SMILES string of the molecule is CCCOC1(CN=C(N)Nc2cc(OC)ccc2OC)CCCCC1.I. The Bertz CT molecular complexity index is 575. The van der Waals surface area contributed by atoms with E-state index in [0.29, 0.717) is 18.3 Å². The van der Waals surface area contributed by atoms with Crippen LogP contribution in [0, 0.1) is 0 Å². The zero-order valence-corrected chi connectivity index (χ0v) is 18.4. The average Bonchev–Trinajstić information content (AvgIpc) is 2.65. The number of methoxy groups -OCH3 is 2. The van der Waals surface area contributed by atoms with Gasteiger partial charge in [-0.15, -0.1) is 24.0 Å². The van der Waals surface area contributed by atoms with E-state index in [4.69, 9.17) is 19.9 Å².